The summed E-state index contributed by atoms with van der Waals surface area (Å²) in [5.41, 5.74) is 2.67. The van der Waals surface area contributed by atoms with Gasteiger partial charge < -0.3 is 10.0 Å². The summed E-state index contributed by atoms with van der Waals surface area (Å²) in [6, 6.07) is 8.14. The van der Waals surface area contributed by atoms with Crippen LogP contribution in [0.5, 0.6) is 0 Å². The number of nitrogens with zero attached hydrogens (tertiary/aromatic N) is 3. The van der Waals surface area contributed by atoms with E-state index in [2.05, 4.69) is 9.97 Å². The number of aromatic nitrogens is 2. The van der Waals surface area contributed by atoms with Crippen LogP contribution in [0, 0.1) is 0 Å². The summed E-state index contributed by atoms with van der Waals surface area (Å²) in [7, 11) is -3.66. The van der Waals surface area contributed by atoms with Gasteiger partial charge in [0.05, 0.1) is 29.6 Å². The van der Waals surface area contributed by atoms with Gasteiger partial charge in [-0.1, -0.05) is 12.1 Å². The molecular weight excluding hydrogens is 420 g/mol. The minimum atomic E-state index is -3.66. The predicted molar refractivity (Wildman–Crippen MR) is 114 cm³/mol. The van der Waals surface area contributed by atoms with E-state index >= 15 is 0 Å². The van der Waals surface area contributed by atoms with Gasteiger partial charge in [0.2, 0.25) is 10.0 Å². The standard InChI is InChI=1S/C21H20N4O5S/c1-31(29,30)24-20(27)14-4-2-13(3-5-14)18-10-22-11-19-17(18)8-15(9-23-19)21(28)25-7-6-16(26)12-25/h2-5,8-11,16,26H,6-7,12H2,1H3,(H,24,27)/t16-/m0/s1. The number of pyridine rings is 2. The molecule has 0 saturated carbocycles. The van der Waals surface area contributed by atoms with Gasteiger partial charge in [-0.25, -0.2) is 13.1 Å². The Morgan fingerprint density at radius 2 is 1.87 bits per heavy atom. The van der Waals surface area contributed by atoms with E-state index in [9.17, 15) is 23.1 Å². The zero-order chi connectivity index (χ0) is 22.2. The molecule has 0 unspecified atom stereocenters. The molecule has 2 amide bonds. The summed E-state index contributed by atoms with van der Waals surface area (Å²) in [5, 5.41) is 10.4. The number of carbonyl (C=O) groups excluding carboxylic acids is 2. The van der Waals surface area contributed by atoms with Gasteiger partial charge in [-0.05, 0) is 30.2 Å². The first-order chi connectivity index (χ1) is 14.7. The lowest BCUT2D eigenvalue weighted by molar-refractivity contribution is 0.0764. The van der Waals surface area contributed by atoms with E-state index in [1.54, 1.807) is 35.5 Å². The first-order valence-electron chi connectivity index (χ1n) is 9.55. The monoisotopic (exact) mass is 440 g/mol. The largest absolute Gasteiger partial charge is 0.391 e. The molecule has 0 radical (unpaired) electrons. The zero-order valence-electron chi connectivity index (χ0n) is 16.6. The lowest BCUT2D eigenvalue weighted by Crippen LogP contribution is -2.29. The van der Waals surface area contributed by atoms with Gasteiger partial charge in [0, 0.05) is 42.0 Å². The smallest absolute Gasteiger partial charge is 0.264 e. The van der Waals surface area contributed by atoms with Gasteiger partial charge in [0.1, 0.15) is 0 Å². The molecule has 1 aromatic carbocycles. The van der Waals surface area contributed by atoms with Crippen molar-refractivity contribution in [1.82, 2.24) is 19.6 Å². The molecule has 3 heterocycles. The molecule has 1 aliphatic rings. The highest BCUT2D eigenvalue weighted by Gasteiger charge is 2.26. The maximum absolute atomic E-state index is 12.8. The minimum absolute atomic E-state index is 0.193. The molecule has 4 rings (SSSR count). The number of hydrogen-bond donors (Lipinski definition) is 2. The number of hydrogen-bond acceptors (Lipinski definition) is 7. The van der Waals surface area contributed by atoms with Crippen molar-refractivity contribution < 1.29 is 23.1 Å². The lowest BCUT2D eigenvalue weighted by atomic mass is 10.0. The zero-order valence-corrected chi connectivity index (χ0v) is 17.5. The molecule has 1 fully saturated rings. The molecule has 2 N–H and O–H groups in total. The number of carbonyl (C=O) groups is 2. The second kappa shape index (κ2) is 8.05. The van der Waals surface area contributed by atoms with E-state index in [-0.39, 0.29) is 11.5 Å². The van der Waals surface area contributed by atoms with E-state index in [1.807, 2.05) is 4.72 Å². The Morgan fingerprint density at radius 3 is 2.52 bits per heavy atom. The molecule has 31 heavy (non-hydrogen) atoms. The normalized spacial score (nSPS) is 16.5. The summed E-state index contributed by atoms with van der Waals surface area (Å²) in [6.07, 6.45) is 5.70. The van der Waals surface area contributed by atoms with Crippen LogP contribution in [0.1, 0.15) is 27.1 Å². The van der Waals surface area contributed by atoms with Crippen molar-refractivity contribution in [2.45, 2.75) is 12.5 Å². The maximum atomic E-state index is 12.8. The van der Waals surface area contributed by atoms with E-state index in [1.165, 1.54) is 18.3 Å². The fraction of sp³-hybridized carbons (Fsp3) is 0.238. The second-order valence-corrected chi connectivity index (χ2v) is 9.20. The Kier molecular flexibility index (Phi) is 5.42. The van der Waals surface area contributed by atoms with Crippen LogP contribution in [-0.2, 0) is 10.0 Å². The van der Waals surface area contributed by atoms with Crippen molar-refractivity contribution in [2.75, 3.05) is 19.3 Å². The molecule has 160 valence electrons. The Morgan fingerprint density at radius 1 is 1.13 bits per heavy atom. The van der Waals surface area contributed by atoms with Crippen LogP contribution in [0.3, 0.4) is 0 Å². The fourth-order valence-corrected chi connectivity index (χ4v) is 3.98. The first-order valence-corrected chi connectivity index (χ1v) is 11.4. The van der Waals surface area contributed by atoms with Crippen molar-refractivity contribution in [3.05, 3.63) is 60.0 Å². The first kappa shape index (κ1) is 20.9. The number of likely N-dealkylation sites (tertiary alicyclic amines) is 1. The van der Waals surface area contributed by atoms with Gasteiger partial charge >= 0.3 is 0 Å². The minimum Gasteiger partial charge on any atom is -0.391 e. The molecule has 1 atom stereocenters. The van der Waals surface area contributed by atoms with E-state index in [0.717, 1.165) is 17.4 Å². The molecule has 0 aliphatic carbocycles. The molecular formula is C21H20N4O5S. The third kappa shape index (κ3) is 4.54. The van der Waals surface area contributed by atoms with Crippen molar-refractivity contribution in [2.24, 2.45) is 0 Å². The highest BCUT2D eigenvalue weighted by atomic mass is 32.2. The van der Waals surface area contributed by atoms with Crippen molar-refractivity contribution in [3.8, 4) is 11.1 Å². The highest BCUT2D eigenvalue weighted by molar-refractivity contribution is 7.89. The molecule has 0 bridgehead atoms. The number of sulfonamides is 1. The van der Waals surface area contributed by atoms with Crippen LogP contribution >= 0.6 is 0 Å². The van der Waals surface area contributed by atoms with Crippen molar-refractivity contribution in [3.63, 3.8) is 0 Å². The van der Waals surface area contributed by atoms with Gasteiger partial charge in [-0.15, -0.1) is 0 Å². The fourth-order valence-electron chi connectivity index (χ4n) is 3.53. The number of fused-ring (bicyclic) bond motifs is 1. The number of β-amino-alcohol motifs (C(OH)–C–C–N with tert-alkyl or cyclic N) is 1. The van der Waals surface area contributed by atoms with E-state index in [4.69, 9.17) is 0 Å². The maximum Gasteiger partial charge on any atom is 0.264 e. The average molecular weight is 440 g/mol. The Labute approximate surface area is 178 Å². The summed E-state index contributed by atoms with van der Waals surface area (Å²) in [4.78, 5) is 35.0. The van der Waals surface area contributed by atoms with Crippen LogP contribution in [0.2, 0.25) is 0 Å². The number of nitrogens with one attached hydrogen (secondary N) is 1. The highest BCUT2D eigenvalue weighted by Crippen LogP contribution is 2.28. The number of aliphatic hydroxyl groups excluding tert-OH is 1. The summed E-state index contributed by atoms with van der Waals surface area (Å²) in [5.74, 6) is -0.908. The number of benzene rings is 1. The van der Waals surface area contributed by atoms with Crippen molar-refractivity contribution in [1.29, 1.82) is 0 Å². The second-order valence-electron chi connectivity index (χ2n) is 7.45. The van der Waals surface area contributed by atoms with Crippen LogP contribution < -0.4 is 4.72 Å². The topological polar surface area (TPSA) is 130 Å². The molecule has 0 spiro atoms. The Bertz CT molecular complexity index is 1270. The molecule has 3 aromatic rings. The Hall–Kier alpha value is -3.37. The van der Waals surface area contributed by atoms with E-state index in [0.29, 0.717) is 36.0 Å². The van der Waals surface area contributed by atoms with Crippen molar-refractivity contribution >= 4 is 32.7 Å². The predicted octanol–water partition coefficient (Wildman–Crippen LogP) is 1.19. The van der Waals surface area contributed by atoms with Crippen LogP contribution in [0.15, 0.2) is 48.9 Å². The number of aliphatic hydroxyl groups is 1. The van der Waals surface area contributed by atoms with Gasteiger partial charge in [0.25, 0.3) is 11.8 Å². The molecule has 9 nitrogen and oxygen atoms in total. The molecule has 10 heteroatoms. The third-order valence-electron chi connectivity index (χ3n) is 5.04. The van der Waals surface area contributed by atoms with Gasteiger partial charge in [-0.3, -0.25) is 19.6 Å². The van der Waals surface area contributed by atoms with Gasteiger partial charge in [0.15, 0.2) is 0 Å². The third-order valence-corrected chi connectivity index (χ3v) is 5.60. The SMILES string of the molecule is CS(=O)(=O)NC(=O)c1ccc(-c2cncc3ncc(C(=O)N4CC[C@H](O)C4)cc23)cc1. The number of rotatable bonds is 4. The van der Waals surface area contributed by atoms with E-state index < -0.39 is 22.0 Å². The average Bonchev–Trinajstić information content (AvgIpc) is 3.17. The quantitative estimate of drug-likeness (QED) is 0.623. The summed E-state index contributed by atoms with van der Waals surface area (Å²) < 4.78 is 24.4. The molecule has 1 saturated heterocycles. The van der Waals surface area contributed by atoms with Crippen LogP contribution in [0.4, 0.5) is 0 Å². The summed E-state index contributed by atoms with van der Waals surface area (Å²) in [6.45, 7) is 0.801. The lowest BCUT2D eigenvalue weighted by Gasteiger charge is -2.16. The van der Waals surface area contributed by atoms with Gasteiger partial charge in [-0.2, -0.15) is 0 Å². The Balaban J connectivity index is 1.67. The summed E-state index contributed by atoms with van der Waals surface area (Å²) >= 11 is 0. The molecule has 1 aliphatic heterocycles. The van der Waals surface area contributed by atoms with Crippen LogP contribution in [-0.4, -0.2) is 65.7 Å². The van der Waals surface area contributed by atoms with Crippen LogP contribution in [0.25, 0.3) is 22.0 Å². The number of amides is 2. The molecule has 2 aromatic heterocycles.